The lowest BCUT2D eigenvalue weighted by Crippen LogP contribution is -2.27. The Morgan fingerprint density at radius 1 is 1.33 bits per heavy atom. The number of carboxylic acid groups (broad SMARTS) is 1. The van der Waals surface area contributed by atoms with Gasteiger partial charge in [-0.2, -0.15) is 0 Å². The summed E-state index contributed by atoms with van der Waals surface area (Å²) < 4.78 is 31.8. The summed E-state index contributed by atoms with van der Waals surface area (Å²) >= 11 is 0. The van der Waals surface area contributed by atoms with Gasteiger partial charge in [0.05, 0.1) is 16.7 Å². The van der Waals surface area contributed by atoms with E-state index in [-0.39, 0.29) is 22.7 Å². The van der Waals surface area contributed by atoms with Crippen molar-refractivity contribution in [2.75, 3.05) is 12.3 Å². The summed E-state index contributed by atoms with van der Waals surface area (Å²) in [5.41, 5.74) is 5.38. The number of nitrogen functional groups attached to an aromatic ring is 1. The molecule has 7 nitrogen and oxygen atoms in total. The third-order valence-corrected chi connectivity index (χ3v) is 4.27. The second-order valence-corrected chi connectivity index (χ2v) is 6.02. The quantitative estimate of drug-likeness (QED) is 0.686. The number of rotatable bonds is 6. The van der Waals surface area contributed by atoms with Crippen molar-refractivity contribution in [3.05, 3.63) is 47.9 Å². The number of sulfonamides is 1. The molecule has 0 spiro atoms. The molecule has 0 bridgehead atoms. The fraction of sp³-hybridized carbons (Fsp3) is 0.154. The average molecular weight is 310 g/mol. The van der Waals surface area contributed by atoms with Crippen LogP contribution in [0, 0.1) is 0 Å². The molecular formula is C13H14N2O5S. The monoisotopic (exact) mass is 310 g/mol. The molecule has 1 heterocycles. The molecular weight excluding hydrogens is 296 g/mol. The van der Waals surface area contributed by atoms with E-state index in [1.54, 1.807) is 12.1 Å². The zero-order chi connectivity index (χ0) is 15.5. The van der Waals surface area contributed by atoms with Crippen molar-refractivity contribution in [1.29, 1.82) is 0 Å². The van der Waals surface area contributed by atoms with Gasteiger partial charge in [0.2, 0.25) is 10.0 Å². The maximum absolute atomic E-state index is 12.2. The van der Waals surface area contributed by atoms with Crippen molar-refractivity contribution >= 4 is 21.7 Å². The molecule has 8 heteroatoms. The van der Waals surface area contributed by atoms with Crippen LogP contribution in [0.3, 0.4) is 0 Å². The number of hydrogen-bond acceptors (Lipinski definition) is 5. The Morgan fingerprint density at radius 2 is 2.10 bits per heavy atom. The van der Waals surface area contributed by atoms with Crippen molar-refractivity contribution in [3.63, 3.8) is 0 Å². The highest BCUT2D eigenvalue weighted by atomic mass is 32.2. The van der Waals surface area contributed by atoms with Gasteiger partial charge in [0.15, 0.2) is 0 Å². The minimum Gasteiger partial charge on any atom is -0.478 e. The van der Waals surface area contributed by atoms with Crippen LogP contribution in [0.15, 0.2) is 45.9 Å². The Bertz CT molecular complexity index is 738. The van der Waals surface area contributed by atoms with E-state index in [0.29, 0.717) is 12.2 Å². The summed E-state index contributed by atoms with van der Waals surface area (Å²) in [6.07, 6.45) is 1.85. The van der Waals surface area contributed by atoms with Gasteiger partial charge in [-0.15, -0.1) is 0 Å². The molecule has 1 aromatic carbocycles. The van der Waals surface area contributed by atoms with Gasteiger partial charge in [0, 0.05) is 18.7 Å². The lowest BCUT2D eigenvalue weighted by Gasteiger charge is -2.09. The van der Waals surface area contributed by atoms with Crippen LogP contribution in [0.2, 0.25) is 0 Å². The number of benzene rings is 1. The topological polar surface area (TPSA) is 123 Å². The summed E-state index contributed by atoms with van der Waals surface area (Å²) in [7, 11) is -3.96. The van der Waals surface area contributed by atoms with Crippen molar-refractivity contribution in [2.24, 2.45) is 0 Å². The highest BCUT2D eigenvalue weighted by Crippen LogP contribution is 2.19. The minimum absolute atomic E-state index is 0.0870. The molecule has 2 aromatic rings. The van der Waals surface area contributed by atoms with Gasteiger partial charge in [0.25, 0.3) is 0 Å². The molecule has 0 atom stereocenters. The van der Waals surface area contributed by atoms with Crippen molar-refractivity contribution < 1.29 is 22.7 Å². The van der Waals surface area contributed by atoms with E-state index in [2.05, 4.69) is 4.72 Å². The molecule has 0 saturated heterocycles. The lowest BCUT2D eigenvalue weighted by atomic mass is 10.2. The molecule has 4 N–H and O–H groups in total. The van der Waals surface area contributed by atoms with E-state index >= 15 is 0 Å². The molecule has 0 aliphatic rings. The van der Waals surface area contributed by atoms with E-state index in [4.69, 9.17) is 15.3 Å². The SMILES string of the molecule is Nc1ccc(C(=O)O)c(S(=O)(=O)NCCc2ccco2)c1. The van der Waals surface area contributed by atoms with Crippen LogP contribution in [-0.4, -0.2) is 26.0 Å². The van der Waals surface area contributed by atoms with Gasteiger partial charge in [-0.25, -0.2) is 17.9 Å². The number of nitrogens with one attached hydrogen (secondary N) is 1. The number of carbonyl (C=O) groups is 1. The minimum atomic E-state index is -3.96. The number of anilines is 1. The number of carboxylic acids is 1. The molecule has 112 valence electrons. The largest absolute Gasteiger partial charge is 0.478 e. The first-order valence-corrected chi connectivity index (χ1v) is 7.53. The zero-order valence-electron chi connectivity index (χ0n) is 10.9. The fourth-order valence-corrected chi connectivity index (χ4v) is 3.04. The van der Waals surface area contributed by atoms with Gasteiger partial charge in [-0.3, -0.25) is 0 Å². The van der Waals surface area contributed by atoms with Crippen LogP contribution in [-0.2, 0) is 16.4 Å². The average Bonchev–Trinajstić information content (AvgIpc) is 2.91. The highest BCUT2D eigenvalue weighted by Gasteiger charge is 2.22. The lowest BCUT2D eigenvalue weighted by molar-refractivity contribution is 0.0692. The van der Waals surface area contributed by atoms with Crippen molar-refractivity contribution in [1.82, 2.24) is 4.72 Å². The molecule has 0 unspecified atom stereocenters. The zero-order valence-corrected chi connectivity index (χ0v) is 11.8. The Balaban J connectivity index is 2.19. The smallest absolute Gasteiger partial charge is 0.337 e. The standard InChI is InChI=1S/C13H14N2O5S/c14-9-3-4-11(13(16)17)12(8-9)21(18,19)15-6-5-10-2-1-7-20-10/h1-4,7-8,15H,5-6,14H2,(H,16,17). The van der Waals surface area contributed by atoms with E-state index in [9.17, 15) is 13.2 Å². The summed E-state index contributed by atoms with van der Waals surface area (Å²) in [5, 5.41) is 9.05. The van der Waals surface area contributed by atoms with Gasteiger partial charge >= 0.3 is 5.97 Å². The molecule has 0 fully saturated rings. The first kappa shape index (κ1) is 15.1. The van der Waals surface area contributed by atoms with Crippen LogP contribution < -0.4 is 10.5 Å². The maximum atomic E-state index is 12.2. The second-order valence-electron chi connectivity index (χ2n) is 4.29. The predicted octanol–water partition coefficient (Wildman–Crippen LogP) is 1.08. The van der Waals surface area contributed by atoms with E-state index in [0.717, 1.165) is 6.07 Å². The number of aromatic carboxylic acids is 1. The number of furan rings is 1. The summed E-state index contributed by atoms with van der Waals surface area (Å²) in [5.74, 6) is -0.704. The molecule has 21 heavy (non-hydrogen) atoms. The molecule has 0 radical (unpaired) electrons. The molecule has 0 aliphatic heterocycles. The van der Waals surface area contributed by atoms with E-state index in [1.165, 1.54) is 18.4 Å². The number of hydrogen-bond donors (Lipinski definition) is 3. The molecule has 2 rings (SSSR count). The van der Waals surface area contributed by atoms with E-state index < -0.39 is 16.0 Å². The molecule has 0 saturated carbocycles. The van der Waals surface area contributed by atoms with Crippen molar-refractivity contribution in [2.45, 2.75) is 11.3 Å². The molecule has 0 aliphatic carbocycles. The number of nitrogens with two attached hydrogens (primary N) is 1. The van der Waals surface area contributed by atoms with Crippen LogP contribution in [0.5, 0.6) is 0 Å². The molecule has 1 aromatic heterocycles. The molecule has 0 amide bonds. The van der Waals surface area contributed by atoms with Gasteiger partial charge < -0.3 is 15.3 Å². The fourth-order valence-electron chi connectivity index (χ4n) is 1.78. The van der Waals surface area contributed by atoms with Gasteiger partial charge in [0.1, 0.15) is 5.76 Å². The second kappa shape index (κ2) is 5.98. The first-order valence-electron chi connectivity index (χ1n) is 6.05. The van der Waals surface area contributed by atoms with Gasteiger partial charge in [-0.05, 0) is 30.3 Å². The summed E-state index contributed by atoms with van der Waals surface area (Å²) in [6, 6.07) is 7.05. The van der Waals surface area contributed by atoms with Crippen LogP contribution in [0.1, 0.15) is 16.1 Å². The Labute approximate surface area is 121 Å². The van der Waals surface area contributed by atoms with Gasteiger partial charge in [-0.1, -0.05) is 0 Å². The predicted molar refractivity (Wildman–Crippen MR) is 75.4 cm³/mol. The van der Waals surface area contributed by atoms with Crippen LogP contribution in [0.25, 0.3) is 0 Å². The summed E-state index contributed by atoms with van der Waals surface area (Å²) in [6.45, 7) is 0.0870. The van der Waals surface area contributed by atoms with Crippen molar-refractivity contribution in [3.8, 4) is 0 Å². The normalized spacial score (nSPS) is 11.4. The summed E-state index contributed by atoms with van der Waals surface area (Å²) in [4.78, 5) is 10.7. The Kier molecular flexibility index (Phi) is 4.29. The Morgan fingerprint density at radius 3 is 2.71 bits per heavy atom. The third kappa shape index (κ3) is 3.61. The Hall–Kier alpha value is -2.32. The highest BCUT2D eigenvalue weighted by molar-refractivity contribution is 7.89. The maximum Gasteiger partial charge on any atom is 0.337 e. The first-order chi connectivity index (χ1) is 9.90. The van der Waals surface area contributed by atoms with Crippen LogP contribution >= 0.6 is 0 Å². The van der Waals surface area contributed by atoms with E-state index in [1.807, 2.05) is 0 Å². The van der Waals surface area contributed by atoms with Crippen LogP contribution in [0.4, 0.5) is 5.69 Å². The third-order valence-electron chi connectivity index (χ3n) is 2.77.